The van der Waals surface area contributed by atoms with E-state index >= 15 is 0 Å². The van der Waals surface area contributed by atoms with Gasteiger partial charge in [-0.25, -0.2) is 9.78 Å². The van der Waals surface area contributed by atoms with Crippen molar-refractivity contribution in [1.82, 2.24) is 14.1 Å². The molecule has 2 aromatic heterocycles. The monoisotopic (exact) mass is 320 g/mol. The number of hydrogen-bond acceptors (Lipinski definition) is 5. The van der Waals surface area contributed by atoms with Crippen LogP contribution in [0.5, 0.6) is 0 Å². The Morgan fingerprint density at radius 3 is 2.55 bits per heavy atom. The number of thioether (sulfide) groups is 1. The molecule has 2 heterocycles. The van der Waals surface area contributed by atoms with Gasteiger partial charge in [-0.1, -0.05) is 0 Å². The van der Waals surface area contributed by atoms with Crippen LogP contribution >= 0.6 is 11.8 Å². The highest BCUT2D eigenvalue weighted by Gasteiger charge is 2.06. The molecule has 22 heavy (non-hydrogen) atoms. The molecule has 0 spiro atoms. The average Bonchev–Trinajstić information content (AvgIpc) is 2.50. The smallest absolute Gasteiger partial charge is 0.330 e. The van der Waals surface area contributed by atoms with Crippen molar-refractivity contribution in [2.24, 2.45) is 14.1 Å². The van der Waals surface area contributed by atoms with Gasteiger partial charge >= 0.3 is 5.69 Å². The minimum Gasteiger partial charge on any atom is -0.363 e. The number of anilines is 1. The van der Waals surface area contributed by atoms with Gasteiger partial charge in [-0.05, 0) is 17.7 Å². The fourth-order valence-corrected chi connectivity index (χ4v) is 2.99. The first kappa shape index (κ1) is 16.4. The molecule has 0 aliphatic rings. The quantitative estimate of drug-likeness (QED) is 0.822. The minimum atomic E-state index is -0.290. The molecular weight excluding hydrogens is 300 g/mol. The molecule has 0 atom stereocenters. The summed E-state index contributed by atoms with van der Waals surface area (Å²) in [6, 6.07) is 5.53. The molecule has 0 saturated heterocycles. The Balaban J connectivity index is 2.07. The van der Waals surface area contributed by atoms with Gasteiger partial charge < -0.3 is 4.90 Å². The molecule has 0 radical (unpaired) electrons. The van der Waals surface area contributed by atoms with Crippen LogP contribution in [0.15, 0.2) is 34.0 Å². The normalized spacial score (nSPS) is 10.7. The van der Waals surface area contributed by atoms with E-state index in [4.69, 9.17) is 0 Å². The van der Waals surface area contributed by atoms with Crippen LogP contribution in [0.2, 0.25) is 0 Å². The van der Waals surface area contributed by atoms with E-state index in [9.17, 15) is 9.59 Å². The number of hydrogen-bond donors (Lipinski definition) is 0. The van der Waals surface area contributed by atoms with Crippen molar-refractivity contribution >= 4 is 17.6 Å². The number of nitrogens with zero attached hydrogens (tertiary/aromatic N) is 4. The molecule has 0 aliphatic carbocycles. The van der Waals surface area contributed by atoms with Crippen molar-refractivity contribution in [2.45, 2.75) is 11.5 Å². The van der Waals surface area contributed by atoms with E-state index in [-0.39, 0.29) is 11.2 Å². The van der Waals surface area contributed by atoms with Gasteiger partial charge in [0, 0.05) is 57.7 Å². The second-order valence-electron chi connectivity index (χ2n) is 5.28. The third-order valence-electron chi connectivity index (χ3n) is 3.41. The average molecular weight is 320 g/mol. The number of pyridine rings is 1. The van der Waals surface area contributed by atoms with Crippen LogP contribution in [0.1, 0.15) is 11.3 Å². The summed E-state index contributed by atoms with van der Waals surface area (Å²) in [5.41, 5.74) is 1.34. The molecule has 0 amide bonds. The lowest BCUT2D eigenvalue weighted by Crippen LogP contribution is -2.37. The summed E-state index contributed by atoms with van der Waals surface area (Å²) in [6.07, 6.45) is 1.79. The summed E-state index contributed by atoms with van der Waals surface area (Å²) in [4.78, 5) is 29.8. The van der Waals surface area contributed by atoms with E-state index in [0.29, 0.717) is 5.75 Å². The lowest BCUT2D eigenvalue weighted by Gasteiger charge is -2.12. The summed E-state index contributed by atoms with van der Waals surface area (Å²) >= 11 is 1.66. The predicted octanol–water partition coefficient (Wildman–Crippen LogP) is 0.978. The number of rotatable bonds is 5. The number of aromatic nitrogens is 3. The maximum atomic E-state index is 11.9. The SMILES string of the molecule is CN(C)c1cc(CSCc2cc(=O)n(C)c(=O)n2C)ccn1. The standard InChI is InChI=1S/C15H20N4O2S/c1-17(2)13-7-11(5-6-16-13)9-22-10-12-8-14(20)19(4)15(21)18(12)3/h5-8H,9-10H2,1-4H3. The van der Waals surface area contributed by atoms with E-state index in [1.54, 1.807) is 25.0 Å². The lowest BCUT2D eigenvalue weighted by atomic mass is 10.3. The summed E-state index contributed by atoms with van der Waals surface area (Å²) in [5, 5.41) is 0. The molecule has 0 fully saturated rings. The lowest BCUT2D eigenvalue weighted by molar-refractivity contribution is 0.665. The molecule has 2 aromatic rings. The second kappa shape index (κ2) is 6.83. The van der Waals surface area contributed by atoms with Crippen molar-refractivity contribution in [1.29, 1.82) is 0 Å². The molecule has 118 valence electrons. The van der Waals surface area contributed by atoms with E-state index < -0.39 is 0 Å². The minimum absolute atomic E-state index is 0.266. The van der Waals surface area contributed by atoms with Crippen LogP contribution in [0.25, 0.3) is 0 Å². The summed E-state index contributed by atoms with van der Waals surface area (Å²) in [5.74, 6) is 2.33. The molecule has 0 N–H and O–H groups in total. The fraction of sp³-hybridized carbons (Fsp3) is 0.400. The van der Waals surface area contributed by atoms with Crippen LogP contribution in [0, 0.1) is 0 Å². The molecule has 0 bridgehead atoms. The van der Waals surface area contributed by atoms with Gasteiger partial charge in [-0.15, -0.1) is 0 Å². The van der Waals surface area contributed by atoms with Crippen molar-refractivity contribution in [3.63, 3.8) is 0 Å². The van der Waals surface area contributed by atoms with Gasteiger partial charge in [0.2, 0.25) is 0 Å². The highest BCUT2D eigenvalue weighted by atomic mass is 32.2. The molecule has 0 saturated carbocycles. The van der Waals surface area contributed by atoms with Gasteiger partial charge in [-0.2, -0.15) is 11.8 Å². The van der Waals surface area contributed by atoms with E-state index in [2.05, 4.69) is 4.98 Å². The Labute approximate surface area is 133 Å². The summed E-state index contributed by atoms with van der Waals surface area (Å²) in [6.45, 7) is 0. The Morgan fingerprint density at radius 2 is 1.86 bits per heavy atom. The molecule has 0 aliphatic heterocycles. The third kappa shape index (κ3) is 3.59. The van der Waals surface area contributed by atoms with Crippen LogP contribution in [-0.4, -0.2) is 28.2 Å². The first-order valence-electron chi connectivity index (χ1n) is 6.86. The van der Waals surface area contributed by atoms with Crippen LogP contribution in [0.3, 0.4) is 0 Å². The first-order chi connectivity index (χ1) is 10.4. The summed E-state index contributed by atoms with van der Waals surface area (Å²) < 4.78 is 2.63. The van der Waals surface area contributed by atoms with Gasteiger partial charge in [0.15, 0.2) is 0 Å². The maximum Gasteiger partial charge on any atom is 0.330 e. The maximum absolute atomic E-state index is 11.9. The second-order valence-corrected chi connectivity index (χ2v) is 6.27. The van der Waals surface area contributed by atoms with Gasteiger partial charge in [-0.3, -0.25) is 13.9 Å². The van der Waals surface area contributed by atoms with Crippen molar-refractivity contribution < 1.29 is 0 Å². The Hall–Kier alpha value is -2.02. The van der Waals surface area contributed by atoms with Crippen molar-refractivity contribution in [3.05, 3.63) is 56.5 Å². The topological polar surface area (TPSA) is 60.1 Å². The van der Waals surface area contributed by atoms with Crippen LogP contribution < -0.4 is 16.1 Å². The van der Waals surface area contributed by atoms with Gasteiger partial charge in [0.25, 0.3) is 5.56 Å². The molecule has 7 heteroatoms. The molecule has 0 unspecified atom stereocenters. The Bertz CT molecular complexity index is 780. The van der Waals surface area contributed by atoms with E-state index in [1.807, 2.05) is 31.1 Å². The van der Waals surface area contributed by atoms with Crippen LogP contribution in [-0.2, 0) is 25.6 Å². The zero-order valence-electron chi connectivity index (χ0n) is 13.2. The van der Waals surface area contributed by atoms with E-state index in [0.717, 1.165) is 27.4 Å². The fourth-order valence-electron chi connectivity index (χ4n) is 1.99. The van der Waals surface area contributed by atoms with Gasteiger partial charge in [0.05, 0.1) is 0 Å². The Morgan fingerprint density at radius 1 is 1.14 bits per heavy atom. The van der Waals surface area contributed by atoms with Crippen molar-refractivity contribution in [3.8, 4) is 0 Å². The van der Waals surface area contributed by atoms with E-state index in [1.165, 1.54) is 17.7 Å². The third-order valence-corrected chi connectivity index (χ3v) is 4.45. The predicted molar refractivity (Wildman–Crippen MR) is 90.5 cm³/mol. The summed E-state index contributed by atoms with van der Waals surface area (Å²) in [7, 11) is 7.08. The highest BCUT2D eigenvalue weighted by molar-refractivity contribution is 7.97. The zero-order valence-corrected chi connectivity index (χ0v) is 14.1. The molecule has 6 nitrogen and oxygen atoms in total. The Kier molecular flexibility index (Phi) is 5.07. The van der Waals surface area contributed by atoms with Gasteiger partial charge in [0.1, 0.15) is 5.82 Å². The van der Waals surface area contributed by atoms with Crippen LogP contribution in [0.4, 0.5) is 5.82 Å². The molecule has 0 aromatic carbocycles. The molecular formula is C15H20N4O2S. The largest absolute Gasteiger partial charge is 0.363 e. The highest BCUT2D eigenvalue weighted by Crippen LogP contribution is 2.18. The van der Waals surface area contributed by atoms with Crippen molar-refractivity contribution in [2.75, 3.05) is 19.0 Å². The molecule has 2 rings (SSSR count). The zero-order chi connectivity index (χ0) is 16.3. The first-order valence-corrected chi connectivity index (χ1v) is 8.01.